The number of nitrogens with zero attached hydrogens (tertiary/aromatic N) is 3. The van der Waals surface area contributed by atoms with Crippen molar-refractivity contribution in [1.82, 2.24) is 14.7 Å². The Labute approximate surface area is 104 Å². The number of aryl methyl sites for hydroxylation is 2. The lowest BCUT2D eigenvalue weighted by molar-refractivity contribution is 0.0346. The predicted octanol–water partition coefficient (Wildman–Crippen LogP) is 1.58. The molecule has 0 bridgehead atoms. The highest BCUT2D eigenvalue weighted by atomic mass is 16.3. The zero-order chi connectivity index (χ0) is 13.1. The van der Waals surface area contributed by atoms with E-state index in [-0.39, 0.29) is 0 Å². The summed E-state index contributed by atoms with van der Waals surface area (Å²) in [6, 6.07) is 2.15. The monoisotopic (exact) mass is 239 g/mol. The highest BCUT2D eigenvalue weighted by Gasteiger charge is 2.18. The van der Waals surface area contributed by atoms with Crippen LogP contribution in [0.15, 0.2) is 6.07 Å². The summed E-state index contributed by atoms with van der Waals surface area (Å²) in [7, 11) is 1.98. The molecule has 0 unspecified atom stereocenters. The Morgan fingerprint density at radius 2 is 2.06 bits per heavy atom. The first kappa shape index (κ1) is 14.2. The Bertz CT molecular complexity index is 352. The maximum absolute atomic E-state index is 9.85. The molecule has 17 heavy (non-hydrogen) atoms. The lowest BCUT2D eigenvalue weighted by Crippen LogP contribution is -2.38. The van der Waals surface area contributed by atoms with Crippen molar-refractivity contribution >= 4 is 0 Å². The fourth-order valence-electron chi connectivity index (χ4n) is 1.95. The summed E-state index contributed by atoms with van der Waals surface area (Å²) in [4.78, 5) is 2.23. The molecule has 0 saturated heterocycles. The molecule has 98 valence electrons. The van der Waals surface area contributed by atoms with Gasteiger partial charge in [0.25, 0.3) is 0 Å². The second kappa shape index (κ2) is 5.65. The lowest BCUT2D eigenvalue weighted by atomic mass is 10.1. The minimum Gasteiger partial charge on any atom is -0.389 e. The molecule has 0 fully saturated rings. The van der Waals surface area contributed by atoms with Crippen molar-refractivity contribution in [1.29, 1.82) is 0 Å². The predicted molar refractivity (Wildman–Crippen MR) is 69.8 cm³/mol. The first-order valence-electron chi connectivity index (χ1n) is 6.32. The number of aromatic nitrogens is 2. The summed E-state index contributed by atoms with van der Waals surface area (Å²) in [5.74, 6) is 0. The summed E-state index contributed by atoms with van der Waals surface area (Å²) < 4.78 is 1.94. The largest absolute Gasteiger partial charge is 0.389 e. The Morgan fingerprint density at radius 1 is 1.41 bits per heavy atom. The molecule has 4 heteroatoms. The number of hydrogen-bond acceptors (Lipinski definition) is 3. The average molecular weight is 239 g/mol. The highest BCUT2D eigenvalue weighted by molar-refractivity contribution is 5.10. The zero-order valence-corrected chi connectivity index (χ0v) is 11.7. The van der Waals surface area contributed by atoms with Gasteiger partial charge in [-0.15, -0.1) is 0 Å². The molecule has 0 radical (unpaired) electrons. The van der Waals surface area contributed by atoms with E-state index in [1.54, 1.807) is 0 Å². The molecule has 0 atom stereocenters. The molecule has 1 aromatic heterocycles. The first-order valence-corrected chi connectivity index (χ1v) is 6.32. The van der Waals surface area contributed by atoms with Crippen molar-refractivity contribution in [2.45, 2.75) is 46.3 Å². The quantitative estimate of drug-likeness (QED) is 0.819. The van der Waals surface area contributed by atoms with Crippen LogP contribution in [0.4, 0.5) is 0 Å². The van der Waals surface area contributed by atoms with E-state index in [2.05, 4.69) is 29.9 Å². The normalized spacial score (nSPS) is 12.4. The average Bonchev–Trinajstić information content (AvgIpc) is 2.56. The molecule has 1 rings (SSSR count). The van der Waals surface area contributed by atoms with E-state index in [9.17, 15) is 5.11 Å². The van der Waals surface area contributed by atoms with Crippen LogP contribution in [0.5, 0.6) is 0 Å². The molecule has 1 aromatic rings. The fourth-order valence-corrected chi connectivity index (χ4v) is 1.95. The van der Waals surface area contributed by atoms with E-state index in [4.69, 9.17) is 0 Å². The third-order valence-corrected chi connectivity index (χ3v) is 2.83. The van der Waals surface area contributed by atoms with Crippen molar-refractivity contribution in [2.24, 2.45) is 7.05 Å². The highest BCUT2D eigenvalue weighted by Crippen LogP contribution is 2.11. The van der Waals surface area contributed by atoms with Crippen LogP contribution in [0.25, 0.3) is 0 Å². The maximum Gasteiger partial charge on any atom is 0.0718 e. The fraction of sp³-hybridized carbons (Fsp3) is 0.769. The van der Waals surface area contributed by atoms with Gasteiger partial charge in [0.05, 0.1) is 17.0 Å². The smallest absolute Gasteiger partial charge is 0.0718 e. The molecule has 0 aliphatic rings. The third kappa shape index (κ3) is 4.48. The van der Waals surface area contributed by atoms with Gasteiger partial charge in [0.15, 0.2) is 0 Å². The maximum atomic E-state index is 9.85. The Kier molecular flexibility index (Phi) is 4.71. The standard InChI is InChI=1S/C13H25N3O/c1-6-11-8-12(15(5)14-11)9-16(7-2)10-13(3,4)17/h8,17H,6-7,9-10H2,1-5H3. The van der Waals surface area contributed by atoms with Crippen LogP contribution < -0.4 is 0 Å². The zero-order valence-electron chi connectivity index (χ0n) is 11.7. The van der Waals surface area contributed by atoms with Gasteiger partial charge in [-0.2, -0.15) is 5.10 Å². The van der Waals surface area contributed by atoms with Crippen molar-refractivity contribution in [2.75, 3.05) is 13.1 Å². The van der Waals surface area contributed by atoms with Gasteiger partial charge < -0.3 is 5.11 Å². The molecule has 0 amide bonds. The van der Waals surface area contributed by atoms with E-state index in [1.165, 1.54) is 5.69 Å². The Hall–Kier alpha value is -0.870. The van der Waals surface area contributed by atoms with Crippen molar-refractivity contribution in [3.63, 3.8) is 0 Å². The van der Waals surface area contributed by atoms with Crippen LogP contribution in [0.1, 0.15) is 39.1 Å². The van der Waals surface area contributed by atoms with Crippen molar-refractivity contribution < 1.29 is 5.11 Å². The van der Waals surface area contributed by atoms with Gasteiger partial charge in [-0.05, 0) is 32.9 Å². The van der Waals surface area contributed by atoms with Crippen LogP contribution in [0, 0.1) is 0 Å². The Balaban J connectivity index is 2.70. The number of rotatable bonds is 6. The van der Waals surface area contributed by atoms with E-state index < -0.39 is 5.60 Å². The van der Waals surface area contributed by atoms with E-state index in [1.807, 2.05) is 25.6 Å². The molecule has 0 aliphatic heterocycles. The second-order valence-corrected chi connectivity index (χ2v) is 5.22. The van der Waals surface area contributed by atoms with Gasteiger partial charge in [-0.3, -0.25) is 9.58 Å². The molecule has 0 aliphatic carbocycles. The van der Waals surface area contributed by atoms with Crippen LogP contribution in [0.2, 0.25) is 0 Å². The van der Waals surface area contributed by atoms with Crippen molar-refractivity contribution in [3.8, 4) is 0 Å². The van der Waals surface area contributed by atoms with Crippen LogP contribution >= 0.6 is 0 Å². The summed E-state index contributed by atoms with van der Waals surface area (Å²) in [5.41, 5.74) is 1.68. The summed E-state index contributed by atoms with van der Waals surface area (Å²) in [6.07, 6.45) is 0.964. The SMILES string of the molecule is CCc1cc(CN(CC)CC(C)(C)O)n(C)n1. The van der Waals surface area contributed by atoms with Crippen LogP contribution in [-0.4, -0.2) is 38.5 Å². The van der Waals surface area contributed by atoms with Gasteiger partial charge in [0.2, 0.25) is 0 Å². The number of hydrogen-bond donors (Lipinski definition) is 1. The van der Waals surface area contributed by atoms with E-state index in [0.29, 0.717) is 6.54 Å². The topological polar surface area (TPSA) is 41.3 Å². The summed E-state index contributed by atoms with van der Waals surface area (Å²) in [5, 5.41) is 14.3. The first-order chi connectivity index (χ1) is 7.85. The molecule has 1 N–H and O–H groups in total. The van der Waals surface area contributed by atoms with Crippen molar-refractivity contribution in [3.05, 3.63) is 17.5 Å². The minimum atomic E-state index is -0.651. The van der Waals surface area contributed by atoms with Gasteiger partial charge in [-0.1, -0.05) is 13.8 Å². The van der Waals surface area contributed by atoms with Gasteiger partial charge >= 0.3 is 0 Å². The minimum absolute atomic E-state index is 0.651. The molecule has 0 saturated carbocycles. The van der Waals surface area contributed by atoms with Gasteiger partial charge in [-0.25, -0.2) is 0 Å². The molecule has 1 heterocycles. The summed E-state index contributed by atoms with van der Waals surface area (Å²) >= 11 is 0. The lowest BCUT2D eigenvalue weighted by Gasteiger charge is -2.27. The molecule has 4 nitrogen and oxygen atoms in total. The third-order valence-electron chi connectivity index (χ3n) is 2.83. The van der Waals surface area contributed by atoms with Crippen LogP contribution in [-0.2, 0) is 20.0 Å². The molecular weight excluding hydrogens is 214 g/mol. The second-order valence-electron chi connectivity index (χ2n) is 5.22. The van der Waals surface area contributed by atoms with E-state index >= 15 is 0 Å². The molecular formula is C13H25N3O. The number of likely N-dealkylation sites (N-methyl/N-ethyl adjacent to an activating group) is 1. The summed E-state index contributed by atoms with van der Waals surface area (Å²) in [6.45, 7) is 10.4. The molecule has 0 aromatic carbocycles. The van der Waals surface area contributed by atoms with E-state index in [0.717, 1.165) is 25.2 Å². The molecule has 0 spiro atoms. The Morgan fingerprint density at radius 3 is 2.47 bits per heavy atom. The van der Waals surface area contributed by atoms with Gasteiger partial charge in [0, 0.05) is 20.1 Å². The van der Waals surface area contributed by atoms with Gasteiger partial charge in [0.1, 0.15) is 0 Å². The van der Waals surface area contributed by atoms with Crippen LogP contribution in [0.3, 0.4) is 0 Å². The number of aliphatic hydroxyl groups is 1.